The van der Waals surface area contributed by atoms with Gasteiger partial charge in [0.15, 0.2) is 0 Å². The Kier molecular flexibility index (Phi) is 9.62. The normalized spacial score (nSPS) is 7.79. The van der Waals surface area contributed by atoms with E-state index in [4.69, 9.17) is 12.8 Å². The quantitative estimate of drug-likeness (QED) is 0.792. The molecule has 0 atom stereocenters. The molecular formula is C8H11Cl2O3Ti. The second-order valence-corrected chi connectivity index (χ2v) is 2.44. The van der Waals surface area contributed by atoms with Gasteiger partial charge in [0, 0.05) is 0 Å². The van der Waals surface area contributed by atoms with Crippen molar-refractivity contribution in [2.45, 2.75) is 0 Å². The summed E-state index contributed by atoms with van der Waals surface area (Å²) in [5.74, 6) is 2.14. The molecule has 0 aliphatic heterocycles. The number of hydrogen-bond donors (Lipinski definition) is 0. The number of hydrogen-bond acceptors (Lipinski definition) is 3. The van der Waals surface area contributed by atoms with E-state index < -0.39 is 0 Å². The molecule has 3 nitrogen and oxygen atoms in total. The maximum atomic E-state index is 5.07. The van der Waals surface area contributed by atoms with Crippen molar-refractivity contribution in [2.24, 2.45) is 0 Å². The number of ether oxygens (including phenoxy) is 2. The Bertz CT molecular complexity index is 271. The molecule has 1 aromatic carbocycles. The molecule has 0 aliphatic rings. The summed E-state index contributed by atoms with van der Waals surface area (Å²) in [4.78, 5) is 0. The van der Waals surface area contributed by atoms with Crippen molar-refractivity contribution in [1.82, 2.24) is 0 Å². The summed E-state index contributed by atoms with van der Waals surface area (Å²) in [6, 6.07) is 5.40. The Hall–Kier alpha value is -0.0857. The van der Waals surface area contributed by atoms with Crippen LogP contribution in [-0.4, -0.2) is 14.2 Å². The third-order valence-corrected chi connectivity index (χ3v) is 1.82. The molecule has 79 valence electrons. The SMILES string of the molecule is COc1ccc([O][Ti])c(OC)c1.Cl.Cl. The molecule has 0 amide bonds. The minimum Gasteiger partial charge on any atom is -0.147 e. The van der Waals surface area contributed by atoms with Gasteiger partial charge in [-0.05, 0) is 0 Å². The molecule has 0 fully saturated rings. The monoisotopic (exact) mass is 273 g/mol. The first kappa shape index (κ1) is 16.3. The molecule has 0 saturated carbocycles. The first-order chi connectivity index (χ1) is 5.81. The summed E-state index contributed by atoms with van der Waals surface area (Å²) >= 11 is 1.60. The molecule has 0 heterocycles. The molecule has 1 rings (SSSR count). The fraction of sp³-hybridized carbons (Fsp3) is 0.250. The zero-order valence-corrected chi connectivity index (χ0v) is 11.0. The van der Waals surface area contributed by atoms with Gasteiger partial charge >= 0.3 is 83.3 Å². The van der Waals surface area contributed by atoms with Gasteiger partial charge in [0.2, 0.25) is 0 Å². The molecule has 0 N–H and O–H groups in total. The van der Waals surface area contributed by atoms with Gasteiger partial charge in [-0.2, -0.15) is 0 Å². The maximum Gasteiger partial charge on any atom is -0.147 e. The Morgan fingerprint density at radius 3 is 2.07 bits per heavy atom. The molecule has 14 heavy (non-hydrogen) atoms. The first-order valence-electron chi connectivity index (χ1n) is 3.37. The van der Waals surface area contributed by atoms with Crippen LogP contribution in [0.4, 0.5) is 0 Å². The average Bonchev–Trinajstić information content (AvgIpc) is 2.16. The van der Waals surface area contributed by atoms with E-state index in [-0.39, 0.29) is 24.8 Å². The molecular weight excluding hydrogens is 263 g/mol. The van der Waals surface area contributed by atoms with E-state index in [0.717, 1.165) is 5.75 Å². The van der Waals surface area contributed by atoms with Crippen molar-refractivity contribution < 1.29 is 33.6 Å². The molecule has 0 aliphatic carbocycles. The van der Waals surface area contributed by atoms with Crippen molar-refractivity contribution in [3.8, 4) is 17.2 Å². The largest absolute Gasteiger partial charge is 0.147 e. The van der Waals surface area contributed by atoms with Crippen molar-refractivity contribution >= 4 is 24.8 Å². The van der Waals surface area contributed by atoms with Gasteiger partial charge in [-0.15, -0.1) is 24.8 Å². The zero-order chi connectivity index (χ0) is 8.97. The average molecular weight is 274 g/mol. The van der Waals surface area contributed by atoms with Gasteiger partial charge in [0.05, 0.1) is 0 Å². The van der Waals surface area contributed by atoms with Gasteiger partial charge in [-0.1, -0.05) is 0 Å². The third kappa shape index (κ3) is 3.97. The van der Waals surface area contributed by atoms with Gasteiger partial charge in [-0.25, -0.2) is 0 Å². The van der Waals surface area contributed by atoms with E-state index in [2.05, 4.69) is 0 Å². The van der Waals surface area contributed by atoms with Crippen LogP contribution in [0.2, 0.25) is 0 Å². The number of methoxy groups -OCH3 is 2. The molecule has 0 radical (unpaired) electrons. The smallest absolute Gasteiger partial charge is 0.147 e. The fourth-order valence-electron chi connectivity index (χ4n) is 0.859. The first-order valence-corrected chi connectivity index (χ1v) is 4.01. The van der Waals surface area contributed by atoms with E-state index in [0.29, 0.717) is 11.5 Å². The second-order valence-electron chi connectivity index (χ2n) is 2.12. The van der Waals surface area contributed by atoms with Crippen molar-refractivity contribution in [3.05, 3.63) is 18.2 Å². The van der Waals surface area contributed by atoms with Gasteiger partial charge in [0.25, 0.3) is 0 Å². The van der Waals surface area contributed by atoms with Crippen LogP contribution in [0.25, 0.3) is 0 Å². The molecule has 0 saturated heterocycles. The fourth-order valence-corrected chi connectivity index (χ4v) is 1.12. The zero-order valence-electron chi connectivity index (χ0n) is 7.77. The topological polar surface area (TPSA) is 27.7 Å². The Balaban J connectivity index is 0. The van der Waals surface area contributed by atoms with Crippen LogP contribution < -0.4 is 12.8 Å². The van der Waals surface area contributed by atoms with Crippen LogP contribution in [0.15, 0.2) is 18.2 Å². The number of halogens is 2. The Labute approximate surface area is 108 Å². The summed E-state index contributed by atoms with van der Waals surface area (Å²) in [6.07, 6.45) is 0. The Morgan fingerprint density at radius 1 is 1.00 bits per heavy atom. The maximum absolute atomic E-state index is 5.07. The van der Waals surface area contributed by atoms with E-state index in [1.807, 2.05) is 6.07 Å². The van der Waals surface area contributed by atoms with Crippen molar-refractivity contribution in [1.29, 1.82) is 0 Å². The van der Waals surface area contributed by atoms with Crippen LogP contribution in [0.3, 0.4) is 0 Å². The van der Waals surface area contributed by atoms with E-state index in [1.54, 1.807) is 47.2 Å². The summed E-state index contributed by atoms with van der Waals surface area (Å²) in [7, 11) is 3.21. The van der Waals surface area contributed by atoms with E-state index >= 15 is 0 Å². The molecule has 1 aromatic rings. The van der Waals surface area contributed by atoms with Crippen LogP contribution in [0.1, 0.15) is 0 Å². The minimum absolute atomic E-state index is 0. The predicted molar refractivity (Wildman–Crippen MR) is 54.7 cm³/mol. The van der Waals surface area contributed by atoms with Gasteiger partial charge in [0.1, 0.15) is 0 Å². The molecule has 0 aromatic heterocycles. The Morgan fingerprint density at radius 2 is 1.64 bits per heavy atom. The molecule has 0 unspecified atom stereocenters. The van der Waals surface area contributed by atoms with Crippen LogP contribution in [-0.2, 0) is 20.8 Å². The number of rotatable bonds is 3. The molecule has 0 spiro atoms. The number of benzene rings is 1. The minimum atomic E-state index is 0. The van der Waals surface area contributed by atoms with Crippen LogP contribution >= 0.6 is 24.8 Å². The molecule has 0 bridgehead atoms. The van der Waals surface area contributed by atoms with Crippen molar-refractivity contribution in [2.75, 3.05) is 14.2 Å². The van der Waals surface area contributed by atoms with Crippen LogP contribution in [0.5, 0.6) is 17.2 Å². The van der Waals surface area contributed by atoms with Crippen LogP contribution in [0, 0.1) is 0 Å². The summed E-state index contributed by atoms with van der Waals surface area (Å²) in [5, 5.41) is 0. The second kappa shape index (κ2) is 8.24. The van der Waals surface area contributed by atoms with E-state index in [1.165, 1.54) is 0 Å². The summed E-state index contributed by atoms with van der Waals surface area (Å²) in [6.45, 7) is 0. The third-order valence-electron chi connectivity index (χ3n) is 1.48. The van der Waals surface area contributed by atoms with E-state index in [9.17, 15) is 0 Å². The molecule has 6 heteroatoms. The van der Waals surface area contributed by atoms with Crippen molar-refractivity contribution in [3.63, 3.8) is 0 Å². The standard InChI is InChI=1S/C8H10O3.2ClH.Ti/c1-10-6-3-4-7(9)8(5-6)11-2;;;/h3-5,9H,1-2H3;2*1H;/q;;;+1/p-1. The van der Waals surface area contributed by atoms with Gasteiger partial charge < -0.3 is 0 Å². The predicted octanol–water partition coefficient (Wildman–Crippen LogP) is 2.39. The summed E-state index contributed by atoms with van der Waals surface area (Å²) < 4.78 is 15.1. The van der Waals surface area contributed by atoms with Gasteiger partial charge in [-0.3, -0.25) is 0 Å². The summed E-state index contributed by atoms with van der Waals surface area (Å²) in [5.41, 5.74) is 0.